The normalized spacial score (nSPS) is 13.1. The van der Waals surface area contributed by atoms with Crippen molar-refractivity contribution in [2.24, 2.45) is 0 Å². The highest BCUT2D eigenvalue weighted by Gasteiger charge is 2.35. The van der Waals surface area contributed by atoms with Crippen LogP contribution in [0.2, 0.25) is 0 Å². The smallest absolute Gasteiger partial charge is 0.379 e. The summed E-state index contributed by atoms with van der Waals surface area (Å²) in [5.74, 6) is -1.07. The molecule has 0 bridgehead atoms. The predicted molar refractivity (Wildman–Crippen MR) is 113 cm³/mol. The molecule has 0 fully saturated rings. The topological polar surface area (TPSA) is 82.8 Å². The first-order valence-electron chi connectivity index (χ1n) is 9.11. The van der Waals surface area contributed by atoms with Crippen LogP contribution >= 0.6 is 11.8 Å². The van der Waals surface area contributed by atoms with Gasteiger partial charge in [-0.15, -0.1) is 11.8 Å². The summed E-state index contributed by atoms with van der Waals surface area (Å²) in [7, 11) is 0. The first-order chi connectivity index (χ1) is 14.5. The Balaban J connectivity index is 2.03. The Kier molecular flexibility index (Phi) is 7.70. The molecule has 6 nitrogen and oxygen atoms in total. The number of nitrogens with one attached hydrogen (secondary N) is 2. The van der Waals surface area contributed by atoms with E-state index in [1.807, 2.05) is 0 Å². The van der Waals surface area contributed by atoms with Gasteiger partial charge in [0.05, 0.1) is 12.1 Å². The Labute approximate surface area is 181 Å². The SMILES string of the molecule is [C-]#[N+]c1ccc(NC(=O)C(C)(O)CSc2ccc(NC(=O)CC)cc2)cc1C(F)(F)F. The highest BCUT2D eigenvalue weighted by molar-refractivity contribution is 7.99. The van der Waals surface area contributed by atoms with Crippen LogP contribution in [0.1, 0.15) is 25.8 Å². The Bertz CT molecular complexity index is 1000. The summed E-state index contributed by atoms with van der Waals surface area (Å²) < 4.78 is 39.2. The van der Waals surface area contributed by atoms with Crippen LogP contribution < -0.4 is 10.6 Å². The molecule has 1 unspecified atom stereocenters. The molecule has 10 heteroatoms. The molecule has 0 radical (unpaired) electrons. The molecular weight excluding hydrogens is 431 g/mol. The van der Waals surface area contributed by atoms with Gasteiger partial charge in [-0.2, -0.15) is 13.2 Å². The molecule has 1 atom stereocenters. The van der Waals surface area contributed by atoms with E-state index in [2.05, 4.69) is 15.5 Å². The fourth-order valence-electron chi connectivity index (χ4n) is 2.38. The Morgan fingerprint density at radius 3 is 2.26 bits per heavy atom. The minimum atomic E-state index is -4.75. The van der Waals surface area contributed by atoms with E-state index in [4.69, 9.17) is 6.57 Å². The predicted octanol–water partition coefficient (Wildman–Crippen LogP) is 5.09. The first kappa shape index (κ1) is 24.2. The molecule has 0 saturated carbocycles. The lowest BCUT2D eigenvalue weighted by atomic mass is 10.1. The molecule has 31 heavy (non-hydrogen) atoms. The maximum Gasteiger partial charge on any atom is 0.407 e. The summed E-state index contributed by atoms with van der Waals surface area (Å²) in [5.41, 5.74) is -3.18. The molecule has 0 aromatic heterocycles. The summed E-state index contributed by atoms with van der Waals surface area (Å²) in [5, 5.41) is 15.4. The molecule has 0 aliphatic heterocycles. The van der Waals surface area contributed by atoms with Crippen molar-refractivity contribution in [3.63, 3.8) is 0 Å². The molecule has 0 aliphatic carbocycles. The van der Waals surface area contributed by atoms with E-state index in [9.17, 15) is 27.9 Å². The summed E-state index contributed by atoms with van der Waals surface area (Å²) in [6.07, 6.45) is -4.40. The molecule has 3 N–H and O–H groups in total. The number of benzene rings is 2. The van der Waals surface area contributed by atoms with Crippen molar-refractivity contribution in [3.05, 3.63) is 59.4 Å². The molecule has 0 aliphatic rings. The zero-order chi connectivity index (χ0) is 23.2. The van der Waals surface area contributed by atoms with Gasteiger partial charge in [-0.05, 0) is 43.3 Å². The van der Waals surface area contributed by atoms with E-state index in [1.54, 1.807) is 31.2 Å². The van der Waals surface area contributed by atoms with Gasteiger partial charge in [0.1, 0.15) is 5.60 Å². The standard InChI is InChI=1S/C21H20F3N3O3S/c1-4-18(28)26-13-5-8-15(9-6-13)31-12-20(2,30)19(29)27-14-7-10-17(25-3)16(11-14)21(22,23)24/h5-11,30H,4,12H2,1-2H3,(H,26,28)(H,27,29). The maximum absolute atomic E-state index is 13.1. The van der Waals surface area contributed by atoms with Gasteiger partial charge in [0, 0.05) is 28.4 Å². The lowest BCUT2D eigenvalue weighted by molar-refractivity contribution is -0.137. The van der Waals surface area contributed by atoms with Crippen molar-refractivity contribution >= 4 is 40.6 Å². The van der Waals surface area contributed by atoms with Crippen LogP contribution in [0.25, 0.3) is 4.85 Å². The van der Waals surface area contributed by atoms with Gasteiger partial charge < -0.3 is 15.7 Å². The molecule has 2 aromatic carbocycles. The first-order valence-corrected chi connectivity index (χ1v) is 10.1. The second kappa shape index (κ2) is 9.85. The van der Waals surface area contributed by atoms with Gasteiger partial charge >= 0.3 is 6.18 Å². The number of thioether (sulfide) groups is 1. The van der Waals surface area contributed by atoms with Crippen LogP contribution in [0.15, 0.2) is 47.4 Å². The second-order valence-electron chi connectivity index (χ2n) is 6.78. The van der Waals surface area contributed by atoms with Gasteiger partial charge in [-0.1, -0.05) is 13.0 Å². The summed E-state index contributed by atoms with van der Waals surface area (Å²) in [4.78, 5) is 27.4. The van der Waals surface area contributed by atoms with E-state index in [-0.39, 0.29) is 17.3 Å². The van der Waals surface area contributed by atoms with Crippen LogP contribution in [0.5, 0.6) is 0 Å². The zero-order valence-electron chi connectivity index (χ0n) is 16.7. The van der Waals surface area contributed by atoms with Gasteiger partial charge in [-0.3, -0.25) is 9.59 Å². The van der Waals surface area contributed by atoms with Gasteiger partial charge in [0.25, 0.3) is 5.91 Å². The number of carbonyl (C=O) groups is 2. The average Bonchev–Trinajstić information content (AvgIpc) is 2.72. The molecule has 0 heterocycles. The number of hydrogen-bond donors (Lipinski definition) is 3. The number of nitrogens with zero attached hydrogens (tertiary/aromatic N) is 1. The van der Waals surface area contributed by atoms with Crippen LogP contribution in [0.4, 0.5) is 30.2 Å². The number of hydrogen-bond acceptors (Lipinski definition) is 4. The minimum absolute atomic E-state index is 0.0637. The zero-order valence-corrected chi connectivity index (χ0v) is 17.5. The van der Waals surface area contributed by atoms with Crippen molar-refractivity contribution in [2.75, 3.05) is 16.4 Å². The maximum atomic E-state index is 13.1. The number of halogens is 3. The third-order valence-corrected chi connectivity index (χ3v) is 5.46. The number of alkyl halides is 3. The fraction of sp³-hybridized carbons (Fsp3) is 0.286. The lowest BCUT2D eigenvalue weighted by Gasteiger charge is -2.22. The molecule has 2 rings (SSSR count). The highest BCUT2D eigenvalue weighted by atomic mass is 32.2. The van der Waals surface area contributed by atoms with Crippen LogP contribution in [-0.4, -0.2) is 28.3 Å². The number of rotatable bonds is 7. The summed E-state index contributed by atoms with van der Waals surface area (Å²) in [6, 6.07) is 9.59. The van der Waals surface area contributed by atoms with E-state index >= 15 is 0 Å². The number of carbonyl (C=O) groups excluding carboxylic acids is 2. The van der Waals surface area contributed by atoms with E-state index in [0.717, 1.165) is 11.0 Å². The minimum Gasteiger partial charge on any atom is -0.379 e. The molecule has 164 valence electrons. The van der Waals surface area contributed by atoms with Crippen LogP contribution in [0.3, 0.4) is 0 Å². The Morgan fingerprint density at radius 1 is 1.10 bits per heavy atom. The third-order valence-electron chi connectivity index (χ3n) is 4.15. The lowest BCUT2D eigenvalue weighted by Crippen LogP contribution is -2.42. The fourth-order valence-corrected chi connectivity index (χ4v) is 3.28. The molecule has 2 aromatic rings. The molecule has 0 saturated heterocycles. The second-order valence-corrected chi connectivity index (χ2v) is 7.83. The largest absolute Gasteiger partial charge is 0.407 e. The summed E-state index contributed by atoms with van der Waals surface area (Å²) >= 11 is 1.17. The monoisotopic (exact) mass is 451 g/mol. The number of anilines is 2. The number of amides is 2. The van der Waals surface area contributed by atoms with E-state index in [1.165, 1.54) is 24.8 Å². The molecule has 2 amide bonds. The van der Waals surface area contributed by atoms with Crippen molar-refractivity contribution in [1.82, 2.24) is 0 Å². The van der Waals surface area contributed by atoms with E-state index < -0.39 is 28.9 Å². The average molecular weight is 451 g/mol. The highest BCUT2D eigenvalue weighted by Crippen LogP contribution is 2.38. The third kappa shape index (κ3) is 6.73. The van der Waals surface area contributed by atoms with Crippen molar-refractivity contribution in [2.45, 2.75) is 36.9 Å². The van der Waals surface area contributed by atoms with Crippen LogP contribution in [0, 0.1) is 6.57 Å². The summed E-state index contributed by atoms with van der Waals surface area (Å²) in [6.45, 7) is 9.83. The quantitative estimate of drug-likeness (QED) is 0.405. The molecule has 0 spiro atoms. The van der Waals surface area contributed by atoms with Crippen molar-refractivity contribution < 1.29 is 27.9 Å². The van der Waals surface area contributed by atoms with E-state index in [0.29, 0.717) is 18.2 Å². The molecular formula is C21H20F3N3O3S. The van der Waals surface area contributed by atoms with Gasteiger partial charge in [0.2, 0.25) is 5.91 Å². The van der Waals surface area contributed by atoms with Crippen molar-refractivity contribution in [1.29, 1.82) is 0 Å². The van der Waals surface area contributed by atoms with Crippen LogP contribution in [-0.2, 0) is 15.8 Å². The Hall–Kier alpha value is -3.03. The van der Waals surface area contributed by atoms with Gasteiger partial charge in [0.15, 0.2) is 5.69 Å². The number of aliphatic hydroxyl groups is 1. The van der Waals surface area contributed by atoms with Crippen molar-refractivity contribution in [3.8, 4) is 0 Å². The Morgan fingerprint density at radius 2 is 1.71 bits per heavy atom. The van der Waals surface area contributed by atoms with Gasteiger partial charge in [-0.25, -0.2) is 4.85 Å².